The first kappa shape index (κ1) is 36.2. The van der Waals surface area contributed by atoms with E-state index in [-0.39, 0.29) is 34.8 Å². The highest BCUT2D eigenvalue weighted by Crippen LogP contribution is 2.38. The molecule has 0 aromatic carbocycles. The first-order valence-electron chi connectivity index (χ1n) is 15.8. The third-order valence-electron chi connectivity index (χ3n) is 8.98. The van der Waals surface area contributed by atoms with Crippen LogP contribution in [0, 0.1) is 6.92 Å². The number of aliphatic hydroxyl groups is 1. The van der Waals surface area contributed by atoms with Crippen molar-refractivity contribution in [2.24, 2.45) is 15.0 Å². The summed E-state index contributed by atoms with van der Waals surface area (Å²) in [4.78, 5) is 54.4. The lowest BCUT2D eigenvalue weighted by atomic mass is 9.96. The molecule has 1 aromatic rings. The molecule has 0 atom stereocenters. The fourth-order valence-electron chi connectivity index (χ4n) is 6.22. The number of fused-ring (bicyclic) bond motifs is 5. The Hall–Kier alpha value is -5.06. The highest BCUT2D eigenvalue weighted by atomic mass is 35.5. The van der Waals surface area contributed by atoms with Crippen LogP contribution in [0.4, 0.5) is 0 Å². The minimum absolute atomic E-state index is 0.143. The number of esters is 2. The number of hydrogen-bond acceptors (Lipinski definition) is 9. The summed E-state index contributed by atoms with van der Waals surface area (Å²) in [5.41, 5.74) is 9.75. The van der Waals surface area contributed by atoms with E-state index < -0.39 is 0 Å². The van der Waals surface area contributed by atoms with Gasteiger partial charge in [-0.2, -0.15) is 0 Å². The number of aliphatic hydroxyl groups excluding tert-OH is 1. The number of nitrogens with one attached hydrogen (secondary N) is 1. The smallest absolute Gasteiger partial charge is 0.305 e. The Morgan fingerprint density at radius 1 is 0.800 bits per heavy atom. The summed E-state index contributed by atoms with van der Waals surface area (Å²) >= 11 is 13.4. The molecule has 0 saturated carbocycles. The first-order valence-corrected chi connectivity index (χ1v) is 16.6. The lowest BCUT2D eigenvalue weighted by Crippen LogP contribution is -2.27. The van der Waals surface area contributed by atoms with Crippen molar-refractivity contribution in [3.63, 3.8) is 0 Å². The Labute approximate surface area is 299 Å². The zero-order valence-corrected chi connectivity index (χ0v) is 30.0. The van der Waals surface area contributed by atoms with Crippen LogP contribution in [-0.4, -0.2) is 59.7 Å². The van der Waals surface area contributed by atoms with Crippen molar-refractivity contribution in [2.45, 2.75) is 53.4 Å². The summed E-state index contributed by atoms with van der Waals surface area (Å²) in [7, 11) is 2.71. The predicted molar refractivity (Wildman–Crippen MR) is 197 cm³/mol. The Balaban J connectivity index is 1.87. The van der Waals surface area contributed by atoms with E-state index in [2.05, 4.69) is 4.98 Å². The van der Waals surface area contributed by atoms with Crippen LogP contribution in [-0.2, 0) is 23.9 Å². The Morgan fingerprint density at radius 2 is 1.40 bits per heavy atom. The third kappa shape index (κ3) is 7.13. The van der Waals surface area contributed by atoms with Gasteiger partial charge in [-0.1, -0.05) is 23.2 Å². The monoisotopic (exact) mass is 714 g/mol. The molecule has 50 heavy (non-hydrogen) atoms. The molecule has 10 nitrogen and oxygen atoms in total. The topological polar surface area (TPSA) is 143 Å². The van der Waals surface area contributed by atoms with Crippen LogP contribution in [0.5, 0.6) is 0 Å². The van der Waals surface area contributed by atoms with Crippen molar-refractivity contribution in [2.75, 3.05) is 14.2 Å². The fourth-order valence-corrected chi connectivity index (χ4v) is 6.81. The molecular weight excluding hydrogens is 679 g/mol. The number of nitrogens with zero attached hydrogens (tertiary/aromatic N) is 3. The number of aliphatic imine (C=N–C) groups is 3. The number of H-pyrrole nitrogens is 1. The van der Waals surface area contributed by atoms with Crippen molar-refractivity contribution < 1.29 is 29.0 Å². The van der Waals surface area contributed by atoms with E-state index >= 15 is 0 Å². The van der Waals surface area contributed by atoms with Gasteiger partial charge < -0.3 is 19.6 Å². The van der Waals surface area contributed by atoms with Crippen LogP contribution in [0.3, 0.4) is 0 Å². The molecule has 5 rings (SSSR count). The molecule has 12 heteroatoms. The Morgan fingerprint density at radius 3 is 2.04 bits per heavy atom. The lowest BCUT2D eigenvalue weighted by Gasteiger charge is -2.08. The summed E-state index contributed by atoms with van der Waals surface area (Å²) in [5.74, 6) is -0.701. The second kappa shape index (κ2) is 15.2. The van der Waals surface area contributed by atoms with Gasteiger partial charge in [0, 0.05) is 34.7 Å². The standard InChI is InChI=1S/C38H36Cl2N4O6/c1-19-23(7-9-35(47)49-5)31-18-32-24(8-10-36(48)50-6)20(2)28(42-32)16-33-38(26(40)12-14-46)22(4)30(44-33)17-34-37(25(39)11-13-45)21(3)29(43-34)15-27(19)41-31/h11-18,44,46H,7-10H2,1-6H3/b14-12+,25-11-,27-15?,32-18?,33-16?,34-17?,38-26-. The molecule has 4 aliphatic rings. The van der Waals surface area contributed by atoms with E-state index in [1.165, 1.54) is 26.4 Å². The summed E-state index contributed by atoms with van der Waals surface area (Å²) in [6.45, 7) is 7.64. The largest absolute Gasteiger partial charge is 0.516 e. The molecular formula is C38H36Cl2N4O6. The molecule has 258 valence electrons. The highest BCUT2D eigenvalue weighted by Gasteiger charge is 2.28. The molecule has 0 fully saturated rings. The van der Waals surface area contributed by atoms with Gasteiger partial charge in [0.15, 0.2) is 0 Å². The molecule has 0 unspecified atom stereocenters. The van der Waals surface area contributed by atoms with E-state index in [1.807, 2.05) is 52.0 Å². The molecule has 4 aliphatic heterocycles. The number of aromatic nitrogens is 1. The van der Waals surface area contributed by atoms with Gasteiger partial charge in [0.2, 0.25) is 0 Å². The second-order valence-corrected chi connectivity index (χ2v) is 12.7. The van der Waals surface area contributed by atoms with E-state index in [0.717, 1.165) is 39.7 Å². The van der Waals surface area contributed by atoms with E-state index in [9.17, 15) is 19.5 Å². The SMILES string of the molecule is COC(=O)CCC1=C(C)C2=NC1=CC1=NC(=CC3=NC(=Cc4[nH]c(/c(=C(Cl)/C=C/O)c4C)=C2)C(/C(Cl)=C/C=O)=C3C)C(C)=C1CCC(=O)OC. The van der Waals surface area contributed by atoms with Crippen LogP contribution in [0.1, 0.15) is 57.7 Å². The van der Waals surface area contributed by atoms with Crippen molar-refractivity contribution in [1.82, 2.24) is 4.98 Å². The van der Waals surface area contributed by atoms with Gasteiger partial charge in [0.05, 0.1) is 64.8 Å². The number of aromatic amines is 1. The third-order valence-corrected chi connectivity index (χ3v) is 9.61. The number of allylic oxidation sites excluding steroid dienone is 10. The molecule has 0 aliphatic carbocycles. The van der Waals surface area contributed by atoms with Gasteiger partial charge in [0.25, 0.3) is 0 Å². The van der Waals surface area contributed by atoms with Crippen molar-refractivity contribution in [3.05, 3.63) is 108 Å². The van der Waals surface area contributed by atoms with Crippen molar-refractivity contribution in [3.8, 4) is 0 Å². The predicted octanol–water partition coefficient (Wildman–Crippen LogP) is 6.19. The Bertz CT molecular complexity index is 2200. The van der Waals surface area contributed by atoms with Crippen LogP contribution in [0.15, 0.2) is 101 Å². The van der Waals surface area contributed by atoms with Gasteiger partial charge in [-0.3, -0.25) is 14.4 Å². The summed E-state index contributed by atoms with van der Waals surface area (Å²) in [5, 5.41) is 11.3. The number of rotatable bonds is 9. The van der Waals surface area contributed by atoms with Crippen LogP contribution in [0.2, 0.25) is 0 Å². The highest BCUT2D eigenvalue weighted by molar-refractivity contribution is 6.47. The van der Waals surface area contributed by atoms with E-state index in [0.29, 0.717) is 75.2 Å². The van der Waals surface area contributed by atoms with Gasteiger partial charge in [-0.05, 0) is 110 Å². The molecule has 0 saturated heterocycles. The average Bonchev–Trinajstić information content (AvgIpc) is 3.75. The molecule has 0 radical (unpaired) electrons. The molecule has 1 aromatic heterocycles. The maximum atomic E-state index is 12.2. The number of methoxy groups -OCH3 is 2. The maximum Gasteiger partial charge on any atom is 0.305 e. The molecule has 8 bridgehead atoms. The summed E-state index contributed by atoms with van der Waals surface area (Å²) < 4.78 is 9.86. The number of halogens is 2. The summed E-state index contributed by atoms with van der Waals surface area (Å²) in [6, 6.07) is 0. The van der Waals surface area contributed by atoms with E-state index in [4.69, 9.17) is 47.7 Å². The fraction of sp³-hybridized carbons (Fsp3) is 0.263. The van der Waals surface area contributed by atoms with Gasteiger partial charge in [-0.25, -0.2) is 15.0 Å². The molecule has 2 N–H and O–H groups in total. The molecule has 5 heterocycles. The number of carbonyl (C=O) groups is 3. The Kier molecular flexibility index (Phi) is 11.0. The molecule has 0 spiro atoms. The number of aldehydes is 1. The van der Waals surface area contributed by atoms with Gasteiger partial charge in [-0.15, -0.1) is 0 Å². The maximum absolute atomic E-state index is 12.2. The van der Waals surface area contributed by atoms with E-state index in [1.54, 1.807) is 0 Å². The number of ether oxygens (including phenoxy) is 2. The quantitative estimate of drug-likeness (QED) is 0.135. The zero-order chi connectivity index (χ0) is 36.3. The summed E-state index contributed by atoms with van der Waals surface area (Å²) in [6.07, 6.45) is 12.6. The van der Waals surface area contributed by atoms with Crippen LogP contribution >= 0.6 is 23.2 Å². The number of carbonyl (C=O) groups excluding carboxylic acids is 3. The minimum Gasteiger partial charge on any atom is -0.516 e. The lowest BCUT2D eigenvalue weighted by molar-refractivity contribution is -0.141. The zero-order valence-electron chi connectivity index (χ0n) is 28.5. The first-order chi connectivity index (χ1) is 23.9. The van der Waals surface area contributed by atoms with Gasteiger partial charge in [0.1, 0.15) is 6.29 Å². The van der Waals surface area contributed by atoms with Gasteiger partial charge >= 0.3 is 11.9 Å². The van der Waals surface area contributed by atoms with Crippen LogP contribution in [0.25, 0.3) is 17.2 Å². The normalized spacial score (nSPS) is 18.0. The van der Waals surface area contributed by atoms with Crippen molar-refractivity contribution in [1.29, 1.82) is 0 Å². The van der Waals surface area contributed by atoms with Crippen molar-refractivity contribution >= 4 is 75.7 Å². The molecule has 0 amide bonds. The van der Waals surface area contributed by atoms with Crippen LogP contribution < -0.4 is 10.6 Å². The minimum atomic E-state index is -0.351. The average molecular weight is 716 g/mol. The number of hydrogen-bond donors (Lipinski definition) is 2. The second-order valence-electron chi connectivity index (χ2n) is 11.9.